The number of para-hydroxylation sites is 1. The molecule has 2 N–H and O–H groups in total. The molecule has 0 aliphatic carbocycles. The van der Waals surface area contributed by atoms with Gasteiger partial charge in [-0.1, -0.05) is 12.1 Å². The standard InChI is InChI=1S/C12H15BrN2/c13-10-3-1-2-8-4-5-9-6-7-11(14)15(9)12(8)10/h1-3,9,11H,4-7,14H2. The van der Waals surface area contributed by atoms with E-state index >= 15 is 0 Å². The summed E-state index contributed by atoms with van der Waals surface area (Å²) in [7, 11) is 0. The van der Waals surface area contributed by atoms with Gasteiger partial charge < -0.3 is 10.6 Å². The van der Waals surface area contributed by atoms with Crippen molar-refractivity contribution in [3.05, 3.63) is 28.2 Å². The van der Waals surface area contributed by atoms with Gasteiger partial charge in [-0.25, -0.2) is 0 Å². The van der Waals surface area contributed by atoms with Crippen LogP contribution in [0.4, 0.5) is 5.69 Å². The fourth-order valence-electron chi connectivity index (χ4n) is 2.92. The third kappa shape index (κ3) is 1.41. The largest absolute Gasteiger partial charge is 0.352 e. The Bertz CT molecular complexity index is 391. The molecular formula is C12H15BrN2. The third-order valence-corrected chi connectivity index (χ3v) is 4.26. The zero-order chi connectivity index (χ0) is 10.4. The highest BCUT2D eigenvalue weighted by Gasteiger charge is 2.36. The molecule has 0 saturated carbocycles. The molecule has 2 unspecified atom stereocenters. The highest BCUT2D eigenvalue weighted by Crippen LogP contribution is 2.41. The van der Waals surface area contributed by atoms with Crippen LogP contribution in [0.25, 0.3) is 0 Å². The van der Waals surface area contributed by atoms with Crippen LogP contribution < -0.4 is 10.6 Å². The Morgan fingerprint density at radius 1 is 1.27 bits per heavy atom. The van der Waals surface area contributed by atoms with E-state index in [0.717, 1.165) is 6.42 Å². The van der Waals surface area contributed by atoms with E-state index in [0.29, 0.717) is 6.04 Å². The molecule has 1 fully saturated rings. The van der Waals surface area contributed by atoms with Crippen LogP contribution in [0.1, 0.15) is 24.8 Å². The van der Waals surface area contributed by atoms with Crippen molar-refractivity contribution in [2.24, 2.45) is 5.73 Å². The second-order valence-electron chi connectivity index (χ2n) is 4.49. The first-order valence-corrected chi connectivity index (χ1v) is 6.38. The number of rotatable bonds is 0. The molecule has 2 aliphatic rings. The van der Waals surface area contributed by atoms with E-state index in [4.69, 9.17) is 5.73 Å². The normalized spacial score (nSPS) is 28.8. The summed E-state index contributed by atoms with van der Waals surface area (Å²) in [6, 6.07) is 7.13. The second kappa shape index (κ2) is 3.49. The van der Waals surface area contributed by atoms with Crippen molar-refractivity contribution in [1.82, 2.24) is 0 Å². The zero-order valence-corrected chi connectivity index (χ0v) is 10.2. The molecule has 1 saturated heterocycles. The summed E-state index contributed by atoms with van der Waals surface area (Å²) in [6.45, 7) is 0. The third-order valence-electron chi connectivity index (χ3n) is 3.62. The Balaban J connectivity index is 2.12. The van der Waals surface area contributed by atoms with Crippen LogP contribution in [0.15, 0.2) is 22.7 Å². The van der Waals surface area contributed by atoms with Crippen molar-refractivity contribution in [3.63, 3.8) is 0 Å². The molecule has 3 rings (SSSR count). The summed E-state index contributed by atoms with van der Waals surface area (Å²) < 4.78 is 1.20. The fraction of sp³-hybridized carbons (Fsp3) is 0.500. The lowest BCUT2D eigenvalue weighted by atomic mass is 9.96. The summed E-state index contributed by atoms with van der Waals surface area (Å²) in [6.07, 6.45) is 5.06. The lowest BCUT2D eigenvalue weighted by molar-refractivity contribution is 0.564. The predicted molar refractivity (Wildman–Crippen MR) is 65.9 cm³/mol. The van der Waals surface area contributed by atoms with Crippen LogP contribution in [-0.2, 0) is 6.42 Å². The fourth-order valence-corrected chi connectivity index (χ4v) is 3.53. The summed E-state index contributed by atoms with van der Waals surface area (Å²) in [5, 5.41) is 0. The first-order valence-electron chi connectivity index (χ1n) is 5.58. The number of hydrogen-bond acceptors (Lipinski definition) is 2. The number of aryl methyl sites for hydroxylation is 1. The van der Waals surface area contributed by atoms with Gasteiger partial charge in [0.15, 0.2) is 0 Å². The van der Waals surface area contributed by atoms with Gasteiger partial charge in [-0.05, 0) is 53.2 Å². The number of hydrogen-bond donors (Lipinski definition) is 1. The molecule has 2 heterocycles. The SMILES string of the molecule is NC1CCC2CCc3cccc(Br)c3N12. The molecule has 3 heteroatoms. The van der Waals surface area contributed by atoms with Gasteiger partial charge in [-0.15, -0.1) is 0 Å². The van der Waals surface area contributed by atoms with Gasteiger partial charge in [0.1, 0.15) is 0 Å². The van der Waals surface area contributed by atoms with Crippen LogP contribution in [0.2, 0.25) is 0 Å². The number of benzene rings is 1. The molecule has 1 aromatic rings. The minimum absolute atomic E-state index is 0.216. The van der Waals surface area contributed by atoms with Gasteiger partial charge in [0.25, 0.3) is 0 Å². The van der Waals surface area contributed by atoms with E-state index < -0.39 is 0 Å². The van der Waals surface area contributed by atoms with Crippen molar-refractivity contribution < 1.29 is 0 Å². The monoisotopic (exact) mass is 266 g/mol. The van der Waals surface area contributed by atoms with Crippen LogP contribution >= 0.6 is 15.9 Å². The van der Waals surface area contributed by atoms with Gasteiger partial charge in [0, 0.05) is 10.5 Å². The maximum atomic E-state index is 6.18. The quantitative estimate of drug-likeness (QED) is 0.783. The Hall–Kier alpha value is -0.540. The number of halogens is 1. The first-order chi connectivity index (χ1) is 7.27. The van der Waals surface area contributed by atoms with E-state index in [2.05, 4.69) is 39.0 Å². The highest BCUT2D eigenvalue weighted by atomic mass is 79.9. The molecule has 2 aliphatic heterocycles. The number of nitrogens with two attached hydrogens (primary N) is 1. The Kier molecular flexibility index (Phi) is 2.25. The van der Waals surface area contributed by atoms with Crippen LogP contribution in [0.3, 0.4) is 0 Å². The summed E-state index contributed by atoms with van der Waals surface area (Å²) >= 11 is 3.65. The molecule has 80 valence electrons. The molecule has 2 atom stereocenters. The lowest BCUT2D eigenvalue weighted by Gasteiger charge is -2.37. The first kappa shape index (κ1) is 9.67. The zero-order valence-electron chi connectivity index (χ0n) is 8.62. The van der Waals surface area contributed by atoms with Gasteiger partial charge in [0.05, 0.1) is 11.9 Å². The van der Waals surface area contributed by atoms with E-state index in [1.165, 1.54) is 35.0 Å². The van der Waals surface area contributed by atoms with Crippen molar-refractivity contribution in [3.8, 4) is 0 Å². The van der Waals surface area contributed by atoms with Crippen LogP contribution in [0, 0.1) is 0 Å². The van der Waals surface area contributed by atoms with E-state index in [1.54, 1.807) is 0 Å². The Morgan fingerprint density at radius 2 is 2.13 bits per heavy atom. The molecule has 0 aromatic heterocycles. The van der Waals surface area contributed by atoms with Crippen molar-refractivity contribution >= 4 is 21.6 Å². The molecule has 2 nitrogen and oxygen atoms in total. The highest BCUT2D eigenvalue weighted by molar-refractivity contribution is 9.10. The number of fused-ring (bicyclic) bond motifs is 3. The van der Waals surface area contributed by atoms with Crippen molar-refractivity contribution in [2.45, 2.75) is 37.9 Å². The molecule has 0 amide bonds. The molecule has 15 heavy (non-hydrogen) atoms. The Morgan fingerprint density at radius 3 is 3.00 bits per heavy atom. The van der Waals surface area contributed by atoms with E-state index in [1.807, 2.05) is 0 Å². The maximum Gasteiger partial charge on any atom is 0.0775 e. The van der Waals surface area contributed by atoms with E-state index in [-0.39, 0.29) is 6.17 Å². The van der Waals surface area contributed by atoms with Crippen molar-refractivity contribution in [1.29, 1.82) is 0 Å². The number of anilines is 1. The van der Waals surface area contributed by atoms with Gasteiger partial charge in [-0.2, -0.15) is 0 Å². The molecule has 0 bridgehead atoms. The van der Waals surface area contributed by atoms with Crippen LogP contribution in [0.5, 0.6) is 0 Å². The average Bonchev–Trinajstić information content (AvgIpc) is 2.61. The smallest absolute Gasteiger partial charge is 0.0775 e. The predicted octanol–water partition coefficient (Wildman–Crippen LogP) is 2.65. The Labute approximate surface area is 98.6 Å². The maximum absolute atomic E-state index is 6.18. The minimum atomic E-state index is 0.216. The topological polar surface area (TPSA) is 29.3 Å². The van der Waals surface area contributed by atoms with Gasteiger partial charge >= 0.3 is 0 Å². The van der Waals surface area contributed by atoms with E-state index in [9.17, 15) is 0 Å². The molecule has 1 aromatic carbocycles. The second-order valence-corrected chi connectivity index (χ2v) is 5.35. The molecule has 0 spiro atoms. The summed E-state index contributed by atoms with van der Waals surface area (Å²) in [5.74, 6) is 0. The lowest BCUT2D eigenvalue weighted by Crippen LogP contribution is -2.44. The molecular weight excluding hydrogens is 252 g/mol. The minimum Gasteiger partial charge on any atom is -0.352 e. The number of nitrogens with zero attached hydrogens (tertiary/aromatic N) is 1. The summed E-state index contributed by atoms with van der Waals surface area (Å²) in [4.78, 5) is 2.42. The summed E-state index contributed by atoms with van der Waals surface area (Å²) in [5.41, 5.74) is 8.97. The van der Waals surface area contributed by atoms with Gasteiger partial charge in [0.2, 0.25) is 0 Å². The van der Waals surface area contributed by atoms with Gasteiger partial charge in [-0.3, -0.25) is 0 Å². The van der Waals surface area contributed by atoms with Crippen LogP contribution in [-0.4, -0.2) is 12.2 Å². The molecule has 0 radical (unpaired) electrons. The average molecular weight is 267 g/mol. The van der Waals surface area contributed by atoms with Crippen molar-refractivity contribution in [2.75, 3.05) is 4.90 Å².